The lowest BCUT2D eigenvalue weighted by Gasteiger charge is -2.23. The van der Waals surface area contributed by atoms with Crippen LogP contribution in [0.2, 0.25) is 0 Å². The van der Waals surface area contributed by atoms with E-state index >= 15 is 0 Å². The molecule has 8 heteroatoms. The summed E-state index contributed by atoms with van der Waals surface area (Å²) in [5.74, 6) is -5.79. The second kappa shape index (κ2) is 5.72. The molecule has 0 aromatic carbocycles. The molecule has 102 valence electrons. The average molecular weight is 273 g/mol. The molecule has 0 heterocycles. The van der Waals surface area contributed by atoms with Crippen LogP contribution in [0.25, 0.3) is 0 Å². The van der Waals surface area contributed by atoms with Crippen molar-refractivity contribution in [1.29, 1.82) is 0 Å². The zero-order valence-corrected chi connectivity index (χ0v) is 10.7. The molecule has 0 aromatic heterocycles. The molecule has 0 aliphatic carbocycles. The van der Waals surface area contributed by atoms with Gasteiger partial charge in [0.15, 0.2) is 0 Å². The zero-order chi connectivity index (χ0) is 13.9. The first kappa shape index (κ1) is 16.2. The van der Waals surface area contributed by atoms with E-state index in [-0.39, 0.29) is 11.8 Å². The Morgan fingerprint density at radius 1 is 1.35 bits per heavy atom. The van der Waals surface area contributed by atoms with Crippen LogP contribution in [0, 0.1) is 11.3 Å². The molecule has 0 saturated heterocycles. The molecule has 2 N–H and O–H groups in total. The van der Waals surface area contributed by atoms with Crippen molar-refractivity contribution < 1.29 is 27.1 Å². The van der Waals surface area contributed by atoms with E-state index in [1.54, 1.807) is 25.5 Å². The number of carboxylic acids is 1. The minimum absolute atomic E-state index is 0.189. The molecular weight excluding hydrogens is 256 g/mol. The Hall–Kier alpha value is -0.760. The first-order chi connectivity index (χ1) is 7.46. The molecule has 0 rings (SSSR count). The van der Waals surface area contributed by atoms with Gasteiger partial charge < -0.3 is 5.11 Å². The number of aliphatic carboxylic acids is 1. The molecule has 5 nitrogen and oxygen atoms in total. The van der Waals surface area contributed by atoms with Crippen molar-refractivity contribution >= 4 is 16.0 Å². The van der Waals surface area contributed by atoms with E-state index < -0.39 is 34.2 Å². The van der Waals surface area contributed by atoms with Crippen molar-refractivity contribution in [2.75, 3.05) is 6.54 Å². The van der Waals surface area contributed by atoms with E-state index in [2.05, 4.69) is 0 Å². The summed E-state index contributed by atoms with van der Waals surface area (Å²) in [5.41, 5.74) is -0.334. The summed E-state index contributed by atoms with van der Waals surface area (Å²) in [5, 5.41) is 8.85. The lowest BCUT2D eigenvalue weighted by Crippen LogP contribution is -2.37. The van der Waals surface area contributed by atoms with E-state index in [1.807, 2.05) is 0 Å². The summed E-state index contributed by atoms with van der Waals surface area (Å²) in [4.78, 5) is 10.8. The maximum Gasteiger partial charge on any atom is 0.350 e. The quantitative estimate of drug-likeness (QED) is 0.763. The third-order valence-electron chi connectivity index (χ3n) is 1.97. The third-order valence-corrected chi connectivity index (χ3v) is 3.01. The number of hydrogen-bond donors (Lipinski definition) is 2. The largest absolute Gasteiger partial charge is 0.481 e. The summed E-state index contributed by atoms with van der Waals surface area (Å²) < 4.78 is 47.1. The average Bonchev–Trinajstić information content (AvgIpc) is 2.09. The molecule has 0 fully saturated rings. The van der Waals surface area contributed by atoms with Crippen LogP contribution in [0.1, 0.15) is 27.2 Å². The Morgan fingerprint density at radius 2 is 1.82 bits per heavy atom. The van der Waals surface area contributed by atoms with Gasteiger partial charge in [-0.15, -0.1) is 0 Å². The Morgan fingerprint density at radius 3 is 2.12 bits per heavy atom. The Labute approximate surface area is 99.3 Å². The minimum atomic E-state index is -4.73. The third kappa shape index (κ3) is 6.52. The fourth-order valence-electron chi connectivity index (χ4n) is 1.27. The Kier molecular flexibility index (Phi) is 5.47. The van der Waals surface area contributed by atoms with Crippen LogP contribution >= 0.6 is 0 Å². The normalized spacial score (nSPS) is 14.9. The SMILES string of the molecule is CC(C)(C)CC(CNS(=O)(=O)C(F)F)C(=O)O. The fourth-order valence-corrected chi connectivity index (χ4v) is 1.83. The molecule has 0 aliphatic rings. The molecule has 0 aliphatic heterocycles. The lowest BCUT2D eigenvalue weighted by molar-refractivity contribution is -0.142. The molecule has 0 aromatic rings. The van der Waals surface area contributed by atoms with Crippen molar-refractivity contribution in [1.82, 2.24) is 4.72 Å². The molecule has 1 unspecified atom stereocenters. The number of rotatable bonds is 6. The van der Waals surface area contributed by atoms with Crippen LogP contribution < -0.4 is 4.72 Å². The number of sulfonamides is 1. The van der Waals surface area contributed by atoms with Gasteiger partial charge in [0.05, 0.1) is 5.92 Å². The van der Waals surface area contributed by atoms with Gasteiger partial charge in [0.1, 0.15) is 0 Å². The van der Waals surface area contributed by atoms with Gasteiger partial charge in [0, 0.05) is 6.54 Å². The van der Waals surface area contributed by atoms with Gasteiger partial charge in [-0.2, -0.15) is 8.78 Å². The van der Waals surface area contributed by atoms with Crippen LogP contribution in [0.15, 0.2) is 0 Å². The smallest absolute Gasteiger partial charge is 0.350 e. The van der Waals surface area contributed by atoms with Crippen molar-refractivity contribution in [3.63, 3.8) is 0 Å². The maximum atomic E-state index is 12.0. The molecule has 0 radical (unpaired) electrons. The fraction of sp³-hybridized carbons (Fsp3) is 0.889. The van der Waals surface area contributed by atoms with E-state index in [0.717, 1.165) is 0 Å². The van der Waals surface area contributed by atoms with E-state index in [9.17, 15) is 22.0 Å². The topological polar surface area (TPSA) is 83.5 Å². The van der Waals surface area contributed by atoms with E-state index in [0.29, 0.717) is 0 Å². The van der Waals surface area contributed by atoms with Crippen LogP contribution in [-0.4, -0.2) is 31.8 Å². The number of halogens is 2. The highest BCUT2D eigenvalue weighted by atomic mass is 32.2. The van der Waals surface area contributed by atoms with Crippen LogP contribution in [0.4, 0.5) is 8.78 Å². The van der Waals surface area contributed by atoms with Gasteiger partial charge >= 0.3 is 11.7 Å². The van der Waals surface area contributed by atoms with Gasteiger partial charge in [-0.05, 0) is 11.8 Å². The van der Waals surface area contributed by atoms with Crippen molar-refractivity contribution in [3.8, 4) is 0 Å². The standard InChI is InChI=1S/C9H17F2NO4S/c1-9(2,3)4-6(7(13)14)5-12-17(15,16)8(10)11/h6,8,12H,4-5H2,1-3H3,(H,13,14). The van der Waals surface area contributed by atoms with Crippen molar-refractivity contribution in [2.45, 2.75) is 32.9 Å². The van der Waals surface area contributed by atoms with Crippen LogP contribution in [0.3, 0.4) is 0 Å². The van der Waals surface area contributed by atoms with Crippen LogP contribution in [-0.2, 0) is 14.8 Å². The molecule has 0 amide bonds. The van der Waals surface area contributed by atoms with E-state index in [4.69, 9.17) is 5.11 Å². The number of carboxylic acid groups (broad SMARTS) is 1. The molecular formula is C9H17F2NO4S. The van der Waals surface area contributed by atoms with Crippen molar-refractivity contribution in [3.05, 3.63) is 0 Å². The summed E-state index contributed by atoms with van der Waals surface area (Å²) in [7, 11) is -4.73. The molecule has 1 atom stereocenters. The van der Waals surface area contributed by atoms with Gasteiger partial charge in [-0.1, -0.05) is 20.8 Å². The number of hydrogen-bond acceptors (Lipinski definition) is 3. The minimum Gasteiger partial charge on any atom is -0.481 e. The highest BCUT2D eigenvalue weighted by Gasteiger charge is 2.29. The van der Waals surface area contributed by atoms with Gasteiger partial charge in [0.25, 0.3) is 10.0 Å². The van der Waals surface area contributed by atoms with Gasteiger partial charge in [-0.25, -0.2) is 13.1 Å². The summed E-state index contributed by atoms with van der Waals surface area (Å²) in [6, 6.07) is 0. The molecule has 0 saturated carbocycles. The van der Waals surface area contributed by atoms with Crippen molar-refractivity contribution in [2.24, 2.45) is 11.3 Å². The molecule has 0 bridgehead atoms. The molecule has 0 spiro atoms. The summed E-state index contributed by atoms with van der Waals surface area (Å²) in [6.45, 7) is 4.82. The Bertz CT molecular complexity index is 362. The van der Waals surface area contributed by atoms with E-state index in [1.165, 1.54) is 0 Å². The summed E-state index contributed by atoms with van der Waals surface area (Å²) in [6.07, 6.45) is 0.189. The lowest BCUT2D eigenvalue weighted by atomic mass is 9.85. The Balaban J connectivity index is 4.55. The molecule has 17 heavy (non-hydrogen) atoms. The predicted molar refractivity (Wildman–Crippen MR) is 58.1 cm³/mol. The number of nitrogens with one attached hydrogen (secondary N) is 1. The van der Waals surface area contributed by atoms with Crippen LogP contribution in [0.5, 0.6) is 0 Å². The zero-order valence-electron chi connectivity index (χ0n) is 9.91. The predicted octanol–water partition coefficient (Wildman–Crippen LogP) is 1.27. The maximum absolute atomic E-state index is 12.0. The van der Waals surface area contributed by atoms with Gasteiger partial charge in [-0.3, -0.25) is 4.79 Å². The van der Waals surface area contributed by atoms with Gasteiger partial charge in [0.2, 0.25) is 0 Å². The first-order valence-corrected chi connectivity index (χ1v) is 6.50. The number of alkyl halides is 2. The first-order valence-electron chi connectivity index (χ1n) is 4.95. The highest BCUT2D eigenvalue weighted by Crippen LogP contribution is 2.24. The highest BCUT2D eigenvalue weighted by molar-refractivity contribution is 7.89. The summed E-state index contributed by atoms with van der Waals surface area (Å²) >= 11 is 0. The monoisotopic (exact) mass is 273 g/mol. The second-order valence-corrected chi connectivity index (χ2v) is 6.69. The number of carbonyl (C=O) groups is 1. The second-order valence-electron chi connectivity index (χ2n) is 4.95.